The average Bonchev–Trinajstić information content (AvgIpc) is 2.77. The van der Waals surface area contributed by atoms with Crippen molar-refractivity contribution in [3.05, 3.63) is 34.8 Å². The lowest BCUT2D eigenvalue weighted by atomic mass is 10.2. The molecule has 114 valence electrons. The summed E-state index contributed by atoms with van der Waals surface area (Å²) in [4.78, 5) is 24.7. The SMILES string of the molecule is CCC(C)N(CCn1c(=O)oc2ccccc21)CC(=O)O. The van der Waals surface area contributed by atoms with E-state index in [1.54, 1.807) is 10.6 Å². The van der Waals surface area contributed by atoms with Crippen molar-refractivity contribution in [1.29, 1.82) is 0 Å². The Bertz CT molecular complexity index is 674. The Morgan fingerprint density at radius 1 is 1.43 bits per heavy atom. The van der Waals surface area contributed by atoms with E-state index >= 15 is 0 Å². The minimum absolute atomic E-state index is 0.0282. The highest BCUT2D eigenvalue weighted by molar-refractivity contribution is 5.72. The standard InChI is InChI=1S/C15H20N2O4/c1-3-11(2)16(10-14(18)19)8-9-17-12-6-4-5-7-13(12)21-15(17)20/h4-7,11H,3,8-10H2,1-2H3,(H,18,19). The van der Waals surface area contributed by atoms with Crippen LogP contribution in [0.3, 0.4) is 0 Å². The van der Waals surface area contributed by atoms with Gasteiger partial charge < -0.3 is 9.52 Å². The fraction of sp³-hybridized carbons (Fsp3) is 0.467. The maximum atomic E-state index is 11.9. The van der Waals surface area contributed by atoms with Gasteiger partial charge >= 0.3 is 11.7 Å². The van der Waals surface area contributed by atoms with Crippen LogP contribution in [0.5, 0.6) is 0 Å². The molecule has 0 bridgehead atoms. The van der Waals surface area contributed by atoms with E-state index in [0.29, 0.717) is 18.7 Å². The lowest BCUT2D eigenvalue weighted by molar-refractivity contribution is -0.138. The van der Waals surface area contributed by atoms with Crippen LogP contribution in [0, 0.1) is 0 Å². The smallest absolute Gasteiger partial charge is 0.419 e. The highest BCUT2D eigenvalue weighted by Crippen LogP contribution is 2.12. The number of carboxylic acids is 1. The fourth-order valence-electron chi connectivity index (χ4n) is 2.34. The molecule has 0 radical (unpaired) electrons. The molecular weight excluding hydrogens is 272 g/mol. The summed E-state index contributed by atoms with van der Waals surface area (Å²) < 4.78 is 6.72. The molecule has 6 heteroatoms. The average molecular weight is 292 g/mol. The summed E-state index contributed by atoms with van der Waals surface area (Å²) in [6.45, 7) is 4.87. The van der Waals surface area contributed by atoms with E-state index in [0.717, 1.165) is 11.9 Å². The van der Waals surface area contributed by atoms with Gasteiger partial charge in [0.05, 0.1) is 12.1 Å². The van der Waals surface area contributed by atoms with Gasteiger partial charge in [0.2, 0.25) is 0 Å². The Morgan fingerprint density at radius 2 is 2.14 bits per heavy atom. The zero-order chi connectivity index (χ0) is 15.4. The molecule has 1 atom stereocenters. The highest BCUT2D eigenvalue weighted by Gasteiger charge is 2.17. The highest BCUT2D eigenvalue weighted by atomic mass is 16.4. The first-order chi connectivity index (χ1) is 10.0. The second-order valence-electron chi connectivity index (χ2n) is 5.11. The molecule has 1 heterocycles. The van der Waals surface area contributed by atoms with Gasteiger partial charge in [-0.2, -0.15) is 0 Å². The van der Waals surface area contributed by atoms with Crippen LogP contribution in [0.2, 0.25) is 0 Å². The molecule has 0 saturated heterocycles. The lowest BCUT2D eigenvalue weighted by Gasteiger charge is -2.26. The molecule has 0 aliphatic rings. The number of hydrogen-bond donors (Lipinski definition) is 1. The Morgan fingerprint density at radius 3 is 2.81 bits per heavy atom. The summed E-state index contributed by atoms with van der Waals surface area (Å²) in [6, 6.07) is 7.38. The molecular formula is C15H20N2O4. The van der Waals surface area contributed by atoms with Crippen LogP contribution < -0.4 is 5.76 Å². The summed E-state index contributed by atoms with van der Waals surface area (Å²) in [5.41, 5.74) is 1.29. The molecule has 1 unspecified atom stereocenters. The van der Waals surface area contributed by atoms with Crippen LogP contribution in [0.25, 0.3) is 11.1 Å². The molecule has 0 spiro atoms. The Labute approximate surface area is 122 Å². The first-order valence-electron chi connectivity index (χ1n) is 7.07. The second-order valence-corrected chi connectivity index (χ2v) is 5.11. The van der Waals surface area contributed by atoms with Crippen LogP contribution in [-0.2, 0) is 11.3 Å². The van der Waals surface area contributed by atoms with Crippen molar-refractivity contribution in [3.63, 3.8) is 0 Å². The largest absolute Gasteiger partial charge is 0.480 e. The van der Waals surface area contributed by atoms with Gasteiger partial charge in [0.25, 0.3) is 0 Å². The molecule has 0 amide bonds. The molecule has 6 nitrogen and oxygen atoms in total. The Balaban J connectivity index is 2.17. The summed E-state index contributed by atoms with van der Waals surface area (Å²) in [5, 5.41) is 8.98. The predicted octanol–water partition coefficient (Wildman–Crippen LogP) is 1.78. The van der Waals surface area contributed by atoms with Crippen molar-refractivity contribution < 1.29 is 14.3 Å². The predicted molar refractivity (Wildman–Crippen MR) is 79.4 cm³/mol. The number of hydrogen-bond acceptors (Lipinski definition) is 4. The quantitative estimate of drug-likeness (QED) is 0.842. The zero-order valence-corrected chi connectivity index (χ0v) is 12.3. The maximum absolute atomic E-state index is 11.9. The molecule has 0 aliphatic carbocycles. The normalized spacial score (nSPS) is 12.9. The molecule has 2 rings (SSSR count). The number of para-hydroxylation sites is 2. The van der Waals surface area contributed by atoms with Crippen LogP contribution in [-0.4, -0.2) is 39.7 Å². The maximum Gasteiger partial charge on any atom is 0.419 e. The van der Waals surface area contributed by atoms with Gasteiger partial charge in [0.15, 0.2) is 5.58 Å². The van der Waals surface area contributed by atoms with Gasteiger partial charge in [-0.1, -0.05) is 19.1 Å². The minimum atomic E-state index is -0.861. The van der Waals surface area contributed by atoms with Gasteiger partial charge in [-0.15, -0.1) is 0 Å². The lowest BCUT2D eigenvalue weighted by Crippen LogP contribution is -2.39. The van der Waals surface area contributed by atoms with Crippen molar-refractivity contribution in [1.82, 2.24) is 9.47 Å². The van der Waals surface area contributed by atoms with Gasteiger partial charge in [-0.25, -0.2) is 4.79 Å². The third-order valence-electron chi connectivity index (χ3n) is 3.74. The number of carboxylic acid groups (broad SMARTS) is 1. The summed E-state index contributed by atoms with van der Waals surface area (Å²) in [5.74, 6) is -1.27. The number of aliphatic carboxylic acids is 1. The number of fused-ring (bicyclic) bond motifs is 1. The van der Waals surface area contributed by atoms with Gasteiger partial charge in [-0.05, 0) is 25.5 Å². The summed E-state index contributed by atoms with van der Waals surface area (Å²) >= 11 is 0. The molecule has 1 aromatic heterocycles. The summed E-state index contributed by atoms with van der Waals surface area (Å²) in [6.07, 6.45) is 0.855. The monoisotopic (exact) mass is 292 g/mol. The van der Waals surface area contributed by atoms with Crippen LogP contribution in [0.4, 0.5) is 0 Å². The Hall–Kier alpha value is -2.08. The van der Waals surface area contributed by atoms with Crippen LogP contribution in [0.1, 0.15) is 20.3 Å². The topological polar surface area (TPSA) is 75.7 Å². The van der Waals surface area contributed by atoms with E-state index in [9.17, 15) is 9.59 Å². The first kappa shape index (κ1) is 15.3. The molecule has 2 aromatic rings. The van der Waals surface area contributed by atoms with E-state index in [1.807, 2.05) is 36.9 Å². The van der Waals surface area contributed by atoms with Crippen molar-refractivity contribution in [2.45, 2.75) is 32.9 Å². The van der Waals surface area contributed by atoms with Crippen molar-refractivity contribution in [3.8, 4) is 0 Å². The van der Waals surface area contributed by atoms with E-state index in [4.69, 9.17) is 9.52 Å². The first-order valence-corrected chi connectivity index (χ1v) is 7.07. The second kappa shape index (κ2) is 6.58. The number of benzene rings is 1. The molecule has 0 fully saturated rings. The zero-order valence-electron chi connectivity index (χ0n) is 12.3. The number of nitrogens with zero attached hydrogens (tertiary/aromatic N) is 2. The van der Waals surface area contributed by atoms with Gasteiger partial charge in [-0.3, -0.25) is 14.3 Å². The minimum Gasteiger partial charge on any atom is -0.480 e. The van der Waals surface area contributed by atoms with Crippen molar-refractivity contribution in [2.24, 2.45) is 0 Å². The molecule has 21 heavy (non-hydrogen) atoms. The number of rotatable bonds is 7. The fourth-order valence-corrected chi connectivity index (χ4v) is 2.34. The van der Waals surface area contributed by atoms with E-state index < -0.39 is 11.7 Å². The van der Waals surface area contributed by atoms with Crippen LogP contribution >= 0.6 is 0 Å². The van der Waals surface area contributed by atoms with E-state index in [-0.39, 0.29) is 12.6 Å². The van der Waals surface area contributed by atoms with Gasteiger partial charge in [0.1, 0.15) is 0 Å². The number of oxazole rings is 1. The molecule has 0 saturated carbocycles. The van der Waals surface area contributed by atoms with Gasteiger partial charge in [0, 0.05) is 19.1 Å². The van der Waals surface area contributed by atoms with E-state index in [1.165, 1.54) is 0 Å². The number of carbonyl (C=O) groups is 1. The third-order valence-corrected chi connectivity index (χ3v) is 3.74. The molecule has 1 N–H and O–H groups in total. The molecule has 1 aromatic carbocycles. The summed E-state index contributed by atoms with van der Waals surface area (Å²) in [7, 11) is 0. The van der Waals surface area contributed by atoms with E-state index in [2.05, 4.69) is 0 Å². The van der Waals surface area contributed by atoms with Crippen LogP contribution in [0.15, 0.2) is 33.5 Å². The van der Waals surface area contributed by atoms with Crippen molar-refractivity contribution in [2.75, 3.05) is 13.1 Å². The third kappa shape index (κ3) is 3.52. The Kier molecular flexibility index (Phi) is 4.80. The van der Waals surface area contributed by atoms with Crippen molar-refractivity contribution >= 4 is 17.1 Å². The molecule has 0 aliphatic heterocycles. The number of aromatic nitrogens is 1.